The number of hydrogen-bond acceptors (Lipinski definition) is 2. The van der Waals surface area contributed by atoms with Crippen LogP contribution in [0.2, 0.25) is 0 Å². The van der Waals surface area contributed by atoms with E-state index in [1.165, 1.54) is 37.9 Å². The van der Waals surface area contributed by atoms with Crippen LogP contribution >= 0.6 is 0 Å². The van der Waals surface area contributed by atoms with Gasteiger partial charge in [-0.3, -0.25) is 0 Å². The van der Waals surface area contributed by atoms with Crippen LogP contribution in [0.3, 0.4) is 0 Å². The first-order chi connectivity index (χ1) is 9.25. The third-order valence-corrected chi connectivity index (χ3v) is 3.94. The topological polar surface area (TPSA) is 24.1 Å². The van der Waals surface area contributed by atoms with Crippen molar-refractivity contribution >= 4 is 0 Å². The van der Waals surface area contributed by atoms with Gasteiger partial charge in [-0.1, -0.05) is 12.1 Å². The van der Waals surface area contributed by atoms with Crippen molar-refractivity contribution < 1.29 is 4.39 Å². The number of hydrogen-bond donors (Lipinski definition) is 2. The molecule has 1 aromatic carbocycles. The van der Waals surface area contributed by atoms with E-state index in [0.29, 0.717) is 0 Å². The summed E-state index contributed by atoms with van der Waals surface area (Å²) in [6.45, 7) is 6.26. The van der Waals surface area contributed by atoms with Crippen LogP contribution in [0.15, 0.2) is 18.2 Å². The molecule has 0 aliphatic carbocycles. The number of halogens is 1. The maximum Gasteiger partial charge on any atom is 0.126 e. The predicted molar refractivity (Wildman–Crippen MR) is 77.9 cm³/mol. The van der Waals surface area contributed by atoms with Crippen LogP contribution in [0, 0.1) is 18.7 Å². The van der Waals surface area contributed by atoms with Gasteiger partial charge in [-0.15, -0.1) is 0 Å². The Morgan fingerprint density at radius 2 is 2.26 bits per heavy atom. The Morgan fingerprint density at radius 3 is 3.00 bits per heavy atom. The largest absolute Gasteiger partial charge is 0.316 e. The summed E-state index contributed by atoms with van der Waals surface area (Å²) in [5.41, 5.74) is 1.96. The summed E-state index contributed by atoms with van der Waals surface area (Å²) >= 11 is 0. The molecule has 19 heavy (non-hydrogen) atoms. The van der Waals surface area contributed by atoms with Crippen LogP contribution in [0.4, 0.5) is 4.39 Å². The molecule has 1 aliphatic heterocycles. The van der Waals surface area contributed by atoms with Crippen LogP contribution in [0.25, 0.3) is 0 Å². The lowest BCUT2D eigenvalue weighted by atomic mass is 9.96. The SMILES string of the molecule is Cc1cc(CCNCCC2CCCNC2)ccc1F. The lowest BCUT2D eigenvalue weighted by Gasteiger charge is -2.22. The van der Waals surface area contributed by atoms with E-state index in [2.05, 4.69) is 10.6 Å². The molecule has 3 heteroatoms. The summed E-state index contributed by atoms with van der Waals surface area (Å²) in [4.78, 5) is 0. The van der Waals surface area contributed by atoms with Crippen molar-refractivity contribution in [1.29, 1.82) is 0 Å². The zero-order valence-corrected chi connectivity index (χ0v) is 11.8. The quantitative estimate of drug-likeness (QED) is 0.772. The van der Waals surface area contributed by atoms with Gasteiger partial charge in [-0.25, -0.2) is 4.39 Å². The van der Waals surface area contributed by atoms with Gasteiger partial charge in [0.25, 0.3) is 0 Å². The Hall–Kier alpha value is -0.930. The average Bonchev–Trinajstić information content (AvgIpc) is 2.43. The van der Waals surface area contributed by atoms with Crippen molar-refractivity contribution in [2.45, 2.75) is 32.6 Å². The van der Waals surface area contributed by atoms with Gasteiger partial charge < -0.3 is 10.6 Å². The highest BCUT2D eigenvalue weighted by molar-refractivity contribution is 5.24. The van der Waals surface area contributed by atoms with Crippen LogP contribution < -0.4 is 10.6 Å². The molecule has 2 nitrogen and oxygen atoms in total. The van der Waals surface area contributed by atoms with Crippen LogP contribution in [0.5, 0.6) is 0 Å². The molecule has 2 N–H and O–H groups in total. The minimum Gasteiger partial charge on any atom is -0.316 e. The molecule has 1 aliphatic rings. The molecule has 1 fully saturated rings. The second-order valence-electron chi connectivity index (χ2n) is 5.58. The Balaban J connectivity index is 1.59. The Kier molecular flexibility index (Phi) is 5.80. The molecule has 0 aromatic heterocycles. The summed E-state index contributed by atoms with van der Waals surface area (Å²) in [6.07, 6.45) is 4.92. The van der Waals surface area contributed by atoms with Crippen molar-refractivity contribution in [3.05, 3.63) is 35.1 Å². The molecule has 1 heterocycles. The molecular weight excluding hydrogens is 239 g/mol. The van der Waals surface area contributed by atoms with Gasteiger partial charge in [0.1, 0.15) is 5.82 Å². The van der Waals surface area contributed by atoms with E-state index in [-0.39, 0.29) is 5.82 Å². The van der Waals surface area contributed by atoms with E-state index in [1.54, 1.807) is 6.07 Å². The van der Waals surface area contributed by atoms with Crippen molar-refractivity contribution in [3.8, 4) is 0 Å². The summed E-state index contributed by atoms with van der Waals surface area (Å²) in [5.74, 6) is 0.732. The molecule has 0 bridgehead atoms. The van der Waals surface area contributed by atoms with Gasteiger partial charge in [-0.05, 0) is 81.9 Å². The van der Waals surface area contributed by atoms with Gasteiger partial charge in [-0.2, -0.15) is 0 Å². The first kappa shape index (κ1) is 14.5. The van der Waals surface area contributed by atoms with Gasteiger partial charge >= 0.3 is 0 Å². The minimum atomic E-state index is -0.110. The smallest absolute Gasteiger partial charge is 0.126 e. The summed E-state index contributed by atoms with van der Waals surface area (Å²) < 4.78 is 13.1. The van der Waals surface area contributed by atoms with Crippen molar-refractivity contribution in [1.82, 2.24) is 10.6 Å². The fourth-order valence-corrected chi connectivity index (χ4v) is 2.70. The standard InChI is InChI=1S/C16H25FN2/c1-13-11-14(4-5-16(13)17)6-9-18-10-7-15-3-2-8-19-12-15/h4-5,11,15,18-19H,2-3,6-10,12H2,1H3. The molecule has 0 amide bonds. The third-order valence-electron chi connectivity index (χ3n) is 3.94. The minimum absolute atomic E-state index is 0.110. The average molecular weight is 264 g/mol. The zero-order valence-electron chi connectivity index (χ0n) is 11.8. The number of rotatable bonds is 6. The van der Waals surface area contributed by atoms with E-state index >= 15 is 0 Å². The summed E-state index contributed by atoms with van der Waals surface area (Å²) in [7, 11) is 0. The highest BCUT2D eigenvalue weighted by Gasteiger charge is 2.11. The first-order valence-corrected chi connectivity index (χ1v) is 7.42. The lowest BCUT2D eigenvalue weighted by Crippen LogP contribution is -2.32. The van der Waals surface area contributed by atoms with E-state index < -0.39 is 0 Å². The molecule has 2 rings (SSSR count). The Bertz CT molecular complexity index is 386. The van der Waals surface area contributed by atoms with Gasteiger partial charge in [0.2, 0.25) is 0 Å². The van der Waals surface area contributed by atoms with Crippen molar-refractivity contribution in [2.24, 2.45) is 5.92 Å². The Morgan fingerprint density at radius 1 is 1.37 bits per heavy atom. The van der Waals surface area contributed by atoms with Crippen molar-refractivity contribution in [3.63, 3.8) is 0 Å². The number of nitrogens with one attached hydrogen (secondary N) is 2. The monoisotopic (exact) mass is 264 g/mol. The highest BCUT2D eigenvalue weighted by atomic mass is 19.1. The molecule has 0 saturated carbocycles. The molecule has 0 spiro atoms. The maximum atomic E-state index is 13.1. The van der Waals surface area contributed by atoms with Gasteiger partial charge in [0.15, 0.2) is 0 Å². The van der Waals surface area contributed by atoms with Crippen LogP contribution in [-0.2, 0) is 6.42 Å². The normalized spacial score (nSPS) is 19.6. The van der Waals surface area contributed by atoms with E-state index in [9.17, 15) is 4.39 Å². The van der Waals surface area contributed by atoms with Crippen LogP contribution in [-0.4, -0.2) is 26.2 Å². The number of benzene rings is 1. The summed E-state index contributed by atoms with van der Waals surface area (Å²) in [6, 6.07) is 5.40. The number of piperidine rings is 1. The Labute approximate surface area is 115 Å². The molecule has 1 unspecified atom stereocenters. The van der Waals surface area contributed by atoms with E-state index in [0.717, 1.165) is 31.0 Å². The predicted octanol–water partition coefficient (Wildman–Crippen LogP) is 2.66. The molecule has 1 saturated heterocycles. The fourth-order valence-electron chi connectivity index (χ4n) is 2.70. The molecular formula is C16H25FN2. The second kappa shape index (κ2) is 7.61. The first-order valence-electron chi connectivity index (χ1n) is 7.42. The molecule has 1 aromatic rings. The number of aryl methyl sites for hydroxylation is 1. The molecule has 106 valence electrons. The molecule has 1 atom stereocenters. The summed E-state index contributed by atoms with van der Waals surface area (Å²) in [5, 5.41) is 6.94. The lowest BCUT2D eigenvalue weighted by molar-refractivity contribution is 0.352. The van der Waals surface area contributed by atoms with Crippen molar-refractivity contribution in [2.75, 3.05) is 26.2 Å². The van der Waals surface area contributed by atoms with E-state index in [1.807, 2.05) is 19.1 Å². The fraction of sp³-hybridized carbons (Fsp3) is 0.625. The van der Waals surface area contributed by atoms with Gasteiger partial charge in [0, 0.05) is 0 Å². The second-order valence-corrected chi connectivity index (χ2v) is 5.58. The zero-order chi connectivity index (χ0) is 13.5. The van der Waals surface area contributed by atoms with E-state index in [4.69, 9.17) is 0 Å². The molecule has 0 radical (unpaired) electrons. The third kappa shape index (κ3) is 4.92. The highest BCUT2D eigenvalue weighted by Crippen LogP contribution is 2.13. The maximum absolute atomic E-state index is 13.1. The van der Waals surface area contributed by atoms with Gasteiger partial charge in [0.05, 0.1) is 0 Å². The van der Waals surface area contributed by atoms with Crippen LogP contribution in [0.1, 0.15) is 30.4 Å².